The molecular weight excluding hydrogens is 296 g/mol. The molecule has 0 saturated carbocycles. The summed E-state index contributed by atoms with van der Waals surface area (Å²) in [6.45, 7) is 0. The summed E-state index contributed by atoms with van der Waals surface area (Å²) in [5, 5.41) is 19.6. The molecule has 0 fully saturated rings. The molecule has 1 unspecified atom stereocenters. The van der Waals surface area contributed by atoms with E-state index in [9.17, 15) is 9.90 Å². The van der Waals surface area contributed by atoms with Gasteiger partial charge >= 0.3 is 5.97 Å². The monoisotopic (exact) mass is 308 g/mol. The second kappa shape index (κ2) is 6.79. The van der Waals surface area contributed by atoms with Gasteiger partial charge < -0.3 is 10.2 Å². The van der Waals surface area contributed by atoms with Gasteiger partial charge in [0.05, 0.1) is 16.7 Å². The van der Waals surface area contributed by atoms with Crippen molar-refractivity contribution in [2.45, 2.75) is 11.0 Å². The van der Waals surface area contributed by atoms with Crippen molar-refractivity contribution >= 4 is 29.3 Å². The van der Waals surface area contributed by atoms with E-state index in [4.69, 9.17) is 16.7 Å². The van der Waals surface area contributed by atoms with Crippen molar-refractivity contribution in [3.05, 3.63) is 64.7 Å². The van der Waals surface area contributed by atoms with Crippen molar-refractivity contribution < 1.29 is 15.0 Å². The number of thioether (sulfide) groups is 1. The quantitative estimate of drug-likeness (QED) is 0.823. The van der Waals surface area contributed by atoms with E-state index in [0.717, 1.165) is 4.90 Å². The van der Waals surface area contributed by atoms with Crippen LogP contribution in [0.2, 0.25) is 5.02 Å². The number of halogens is 1. The molecule has 0 bridgehead atoms. The second-order valence-corrected chi connectivity index (χ2v) is 5.65. The fourth-order valence-corrected chi connectivity index (χ4v) is 2.88. The Balaban J connectivity index is 2.00. The molecule has 0 aromatic heterocycles. The predicted octanol–water partition coefficient (Wildman–Crippen LogP) is 3.86. The number of carboxylic acids is 1. The number of carboxylic acid groups (broad SMARTS) is 1. The lowest BCUT2D eigenvalue weighted by Gasteiger charge is -2.11. The Morgan fingerprint density at radius 3 is 2.40 bits per heavy atom. The van der Waals surface area contributed by atoms with Crippen LogP contribution in [0.1, 0.15) is 22.0 Å². The number of rotatable bonds is 5. The van der Waals surface area contributed by atoms with Gasteiger partial charge in [-0.25, -0.2) is 4.79 Å². The lowest BCUT2D eigenvalue weighted by atomic mass is 10.1. The topological polar surface area (TPSA) is 57.5 Å². The van der Waals surface area contributed by atoms with Crippen LogP contribution in [0, 0.1) is 0 Å². The van der Waals surface area contributed by atoms with Crippen LogP contribution in [0.4, 0.5) is 0 Å². The van der Waals surface area contributed by atoms with Crippen molar-refractivity contribution in [1.29, 1.82) is 0 Å². The van der Waals surface area contributed by atoms with Gasteiger partial charge in [-0.3, -0.25) is 0 Å². The molecule has 5 heteroatoms. The van der Waals surface area contributed by atoms with Gasteiger partial charge in [-0.05, 0) is 29.8 Å². The Bertz CT molecular complexity index is 598. The minimum Gasteiger partial charge on any atom is -0.478 e. The summed E-state index contributed by atoms with van der Waals surface area (Å²) in [5.41, 5.74) is 0.897. The van der Waals surface area contributed by atoms with Crippen LogP contribution in [0.25, 0.3) is 0 Å². The number of aliphatic hydroxyl groups is 1. The molecule has 2 aromatic rings. The van der Waals surface area contributed by atoms with E-state index in [1.165, 1.54) is 23.9 Å². The van der Waals surface area contributed by atoms with Crippen molar-refractivity contribution in [3.8, 4) is 0 Å². The van der Waals surface area contributed by atoms with E-state index in [1.807, 2.05) is 18.2 Å². The Hall–Kier alpha value is -1.49. The van der Waals surface area contributed by atoms with Crippen LogP contribution in [-0.2, 0) is 0 Å². The molecular formula is C15H13ClO3S. The SMILES string of the molecule is O=C(O)c1ccc(C(O)CSc2ccccc2Cl)cc1. The Morgan fingerprint density at radius 2 is 1.80 bits per heavy atom. The lowest BCUT2D eigenvalue weighted by Crippen LogP contribution is -2.02. The molecule has 1 atom stereocenters. The zero-order valence-electron chi connectivity index (χ0n) is 10.5. The van der Waals surface area contributed by atoms with Gasteiger partial charge in [-0.2, -0.15) is 0 Å². The zero-order valence-corrected chi connectivity index (χ0v) is 12.1. The smallest absolute Gasteiger partial charge is 0.335 e. The third-order valence-electron chi connectivity index (χ3n) is 2.78. The highest BCUT2D eigenvalue weighted by atomic mass is 35.5. The predicted molar refractivity (Wildman–Crippen MR) is 80.5 cm³/mol. The van der Waals surface area contributed by atoms with Crippen molar-refractivity contribution in [2.75, 3.05) is 5.75 Å². The average molecular weight is 309 g/mol. The molecule has 0 amide bonds. The van der Waals surface area contributed by atoms with Crippen molar-refractivity contribution in [2.24, 2.45) is 0 Å². The second-order valence-electron chi connectivity index (χ2n) is 4.18. The number of benzene rings is 2. The van der Waals surface area contributed by atoms with Crippen LogP contribution in [0.5, 0.6) is 0 Å². The van der Waals surface area contributed by atoms with Crippen LogP contribution < -0.4 is 0 Å². The third kappa shape index (κ3) is 3.76. The molecule has 0 aliphatic rings. The first-order valence-electron chi connectivity index (χ1n) is 5.96. The van der Waals surface area contributed by atoms with Crippen LogP contribution in [-0.4, -0.2) is 21.9 Å². The van der Waals surface area contributed by atoms with E-state index in [1.54, 1.807) is 18.2 Å². The molecule has 0 aliphatic carbocycles. The number of carbonyl (C=O) groups is 1. The highest BCUT2D eigenvalue weighted by molar-refractivity contribution is 7.99. The summed E-state index contributed by atoms with van der Waals surface area (Å²) in [6.07, 6.45) is -0.667. The van der Waals surface area contributed by atoms with E-state index < -0.39 is 12.1 Å². The van der Waals surface area contributed by atoms with E-state index in [-0.39, 0.29) is 5.56 Å². The minimum absolute atomic E-state index is 0.208. The zero-order chi connectivity index (χ0) is 14.5. The third-order valence-corrected chi connectivity index (χ3v) is 4.37. The van der Waals surface area contributed by atoms with Gasteiger partial charge in [0.15, 0.2) is 0 Å². The summed E-state index contributed by atoms with van der Waals surface area (Å²) in [4.78, 5) is 11.7. The molecule has 0 aliphatic heterocycles. The molecule has 0 heterocycles. The largest absolute Gasteiger partial charge is 0.478 e. The summed E-state index contributed by atoms with van der Waals surface area (Å²) in [7, 11) is 0. The van der Waals surface area contributed by atoms with Crippen molar-refractivity contribution in [1.82, 2.24) is 0 Å². The molecule has 2 N–H and O–H groups in total. The fourth-order valence-electron chi connectivity index (χ4n) is 1.67. The molecule has 0 spiro atoms. The van der Waals surface area contributed by atoms with Crippen LogP contribution in [0.3, 0.4) is 0 Å². The molecule has 2 aromatic carbocycles. The maximum Gasteiger partial charge on any atom is 0.335 e. The summed E-state index contributed by atoms with van der Waals surface area (Å²) in [5.74, 6) is -0.521. The normalized spacial score (nSPS) is 12.1. The lowest BCUT2D eigenvalue weighted by molar-refractivity contribution is 0.0696. The molecule has 104 valence electrons. The standard InChI is InChI=1S/C15H13ClO3S/c16-12-3-1-2-4-14(12)20-9-13(17)10-5-7-11(8-6-10)15(18)19/h1-8,13,17H,9H2,(H,18,19). The Morgan fingerprint density at radius 1 is 1.15 bits per heavy atom. The molecule has 0 saturated heterocycles. The maximum atomic E-state index is 10.7. The minimum atomic E-state index is -0.975. The van der Waals surface area contributed by atoms with E-state index >= 15 is 0 Å². The van der Waals surface area contributed by atoms with E-state index in [2.05, 4.69) is 0 Å². The highest BCUT2D eigenvalue weighted by Crippen LogP contribution is 2.30. The van der Waals surface area contributed by atoms with Crippen LogP contribution in [0.15, 0.2) is 53.4 Å². The first-order chi connectivity index (χ1) is 9.58. The van der Waals surface area contributed by atoms with Gasteiger partial charge in [0.2, 0.25) is 0 Å². The first kappa shape index (κ1) is 14.9. The van der Waals surface area contributed by atoms with Gasteiger partial charge in [-0.1, -0.05) is 35.9 Å². The summed E-state index contributed by atoms with van der Waals surface area (Å²) < 4.78 is 0. The molecule has 0 radical (unpaired) electrons. The highest BCUT2D eigenvalue weighted by Gasteiger charge is 2.10. The van der Waals surface area contributed by atoms with Gasteiger partial charge in [0.1, 0.15) is 0 Å². The first-order valence-corrected chi connectivity index (χ1v) is 7.33. The number of hydrogen-bond acceptors (Lipinski definition) is 3. The Kier molecular flexibility index (Phi) is 5.06. The molecule has 20 heavy (non-hydrogen) atoms. The Labute approximate surface area is 126 Å². The summed E-state index contributed by atoms with van der Waals surface area (Å²) in [6, 6.07) is 13.7. The number of aliphatic hydroxyl groups excluding tert-OH is 1. The number of aromatic carboxylic acids is 1. The van der Waals surface area contributed by atoms with E-state index in [0.29, 0.717) is 16.3 Å². The number of hydrogen-bond donors (Lipinski definition) is 2. The average Bonchev–Trinajstić information content (AvgIpc) is 2.46. The van der Waals surface area contributed by atoms with Gasteiger partial charge in [-0.15, -0.1) is 11.8 Å². The fraction of sp³-hybridized carbons (Fsp3) is 0.133. The molecule has 2 rings (SSSR count). The summed E-state index contributed by atoms with van der Waals surface area (Å²) >= 11 is 7.50. The molecule has 3 nitrogen and oxygen atoms in total. The van der Waals surface area contributed by atoms with Crippen molar-refractivity contribution in [3.63, 3.8) is 0 Å². The maximum absolute atomic E-state index is 10.7. The van der Waals surface area contributed by atoms with Crippen LogP contribution >= 0.6 is 23.4 Å². The van der Waals surface area contributed by atoms with Gasteiger partial charge in [0.25, 0.3) is 0 Å². The van der Waals surface area contributed by atoms with Gasteiger partial charge in [0, 0.05) is 10.6 Å².